The summed E-state index contributed by atoms with van der Waals surface area (Å²) in [4.78, 5) is 11.0. The van der Waals surface area contributed by atoms with E-state index in [-0.39, 0.29) is 0 Å². The number of carbonyl (C=O) groups excluding carboxylic acids is 1. The van der Waals surface area contributed by atoms with Crippen molar-refractivity contribution in [2.24, 2.45) is 0 Å². The SMILES string of the molecule is COc1ccccc1-c1cc2cccc(C=O)n2n1. The van der Waals surface area contributed by atoms with E-state index in [4.69, 9.17) is 4.74 Å². The summed E-state index contributed by atoms with van der Waals surface area (Å²) >= 11 is 0. The van der Waals surface area contributed by atoms with Crippen LogP contribution in [-0.2, 0) is 0 Å². The van der Waals surface area contributed by atoms with E-state index in [0.717, 1.165) is 28.8 Å². The Balaban J connectivity index is 2.23. The van der Waals surface area contributed by atoms with E-state index in [1.54, 1.807) is 17.7 Å². The lowest BCUT2D eigenvalue weighted by Gasteiger charge is -2.04. The molecule has 0 unspecified atom stereocenters. The molecular weight excluding hydrogens is 240 g/mol. The smallest absolute Gasteiger partial charge is 0.168 e. The minimum Gasteiger partial charge on any atom is -0.496 e. The highest BCUT2D eigenvalue weighted by Gasteiger charge is 2.10. The quantitative estimate of drug-likeness (QED) is 0.673. The van der Waals surface area contributed by atoms with Gasteiger partial charge < -0.3 is 4.74 Å². The number of ether oxygens (including phenoxy) is 1. The molecule has 0 saturated carbocycles. The van der Waals surface area contributed by atoms with Crippen LogP contribution in [0.3, 0.4) is 0 Å². The Morgan fingerprint density at radius 3 is 2.79 bits per heavy atom. The number of hydrogen-bond donors (Lipinski definition) is 0. The minimum absolute atomic E-state index is 0.527. The largest absolute Gasteiger partial charge is 0.496 e. The van der Waals surface area contributed by atoms with E-state index in [9.17, 15) is 4.79 Å². The molecule has 0 spiro atoms. The third-order valence-corrected chi connectivity index (χ3v) is 3.02. The predicted molar refractivity (Wildman–Crippen MR) is 72.6 cm³/mol. The summed E-state index contributed by atoms with van der Waals surface area (Å²) < 4.78 is 6.97. The molecule has 0 saturated heterocycles. The molecule has 0 atom stereocenters. The monoisotopic (exact) mass is 252 g/mol. The van der Waals surface area contributed by atoms with Crippen molar-refractivity contribution in [2.75, 3.05) is 7.11 Å². The fourth-order valence-corrected chi connectivity index (χ4v) is 2.11. The molecule has 0 radical (unpaired) electrons. The second-order valence-electron chi connectivity index (χ2n) is 4.14. The van der Waals surface area contributed by atoms with Gasteiger partial charge in [0.15, 0.2) is 6.29 Å². The van der Waals surface area contributed by atoms with Crippen molar-refractivity contribution in [2.45, 2.75) is 0 Å². The fraction of sp³-hybridized carbons (Fsp3) is 0.0667. The summed E-state index contributed by atoms with van der Waals surface area (Å²) in [6.45, 7) is 0. The van der Waals surface area contributed by atoms with E-state index in [1.807, 2.05) is 42.5 Å². The Morgan fingerprint density at radius 1 is 1.16 bits per heavy atom. The second kappa shape index (κ2) is 4.57. The molecule has 0 fully saturated rings. The molecule has 3 aromatic rings. The first-order chi connectivity index (χ1) is 9.33. The maximum atomic E-state index is 11.0. The van der Waals surface area contributed by atoms with Crippen LogP contribution in [0.4, 0.5) is 0 Å². The summed E-state index contributed by atoms with van der Waals surface area (Å²) in [5.74, 6) is 0.763. The number of aromatic nitrogens is 2. The molecule has 0 aliphatic rings. The van der Waals surface area contributed by atoms with Gasteiger partial charge in [-0.1, -0.05) is 18.2 Å². The Kier molecular flexibility index (Phi) is 2.76. The summed E-state index contributed by atoms with van der Waals surface area (Å²) in [5.41, 5.74) is 3.10. The van der Waals surface area contributed by atoms with Gasteiger partial charge in [-0.3, -0.25) is 4.79 Å². The van der Waals surface area contributed by atoms with Gasteiger partial charge in [-0.15, -0.1) is 0 Å². The molecule has 4 heteroatoms. The molecule has 4 nitrogen and oxygen atoms in total. The molecule has 0 amide bonds. The molecule has 3 rings (SSSR count). The Morgan fingerprint density at radius 2 is 2.00 bits per heavy atom. The van der Waals surface area contributed by atoms with E-state index in [2.05, 4.69) is 5.10 Å². The minimum atomic E-state index is 0.527. The molecule has 2 aromatic heterocycles. The van der Waals surface area contributed by atoms with Gasteiger partial charge in [0, 0.05) is 5.56 Å². The highest BCUT2D eigenvalue weighted by atomic mass is 16.5. The van der Waals surface area contributed by atoms with Crippen molar-refractivity contribution in [1.29, 1.82) is 0 Å². The fourth-order valence-electron chi connectivity index (χ4n) is 2.11. The van der Waals surface area contributed by atoms with E-state index >= 15 is 0 Å². The molecule has 0 bridgehead atoms. The van der Waals surface area contributed by atoms with Gasteiger partial charge in [0.05, 0.1) is 18.3 Å². The zero-order valence-electron chi connectivity index (χ0n) is 10.4. The number of para-hydroxylation sites is 1. The van der Waals surface area contributed by atoms with Gasteiger partial charge in [-0.2, -0.15) is 5.10 Å². The lowest BCUT2D eigenvalue weighted by atomic mass is 10.1. The van der Waals surface area contributed by atoms with Crippen molar-refractivity contribution >= 4 is 11.8 Å². The third-order valence-electron chi connectivity index (χ3n) is 3.02. The van der Waals surface area contributed by atoms with Gasteiger partial charge in [0.2, 0.25) is 0 Å². The molecule has 0 N–H and O–H groups in total. The highest BCUT2D eigenvalue weighted by molar-refractivity contribution is 5.77. The normalized spacial score (nSPS) is 10.6. The predicted octanol–water partition coefficient (Wildman–Crippen LogP) is 2.82. The lowest BCUT2D eigenvalue weighted by Crippen LogP contribution is -1.96. The number of pyridine rings is 1. The average molecular weight is 252 g/mol. The van der Waals surface area contributed by atoms with Crippen LogP contribution in [0.1, 0.15) is 10.5 Å². The number of fused-ring (bicyclic) bond motifs is 1. The standard InChI is InChI=1S/C15H12N2O2/c1-19-15-8-3-2-7-13(15)14-9-11-5-4-6-12(10-18)17(11)16-14/h2-10H,1H3. The topological polar surface area (TPSA) is 43.6 Å². The highest BCUT2D eigenvalue weighted by Crippen LogP contribution is 2.29. The molecule has 94 valence electrons. The number of hydrogen-bond acceptors (Lipinski definition) is 3. The zero-order chi connectivity index (χ0) is 13.2. The average Bonchev–Trinajstić information content (AvgIpc) is 2.90. The number of methoxy groups -OCH3 is 1. The summed E-state index contributed by atoms with van der Waals surface area (Å²) in [6, 6.07) is 15.1. The van der Waals surface area contributed by atoms with Crippen LogP contribution in [0.5, 0.6) is 5.75 Å². The molecule has 0 aliphatic heterocycles. The third kappa shape index (κ3) is 1.87. The van der Waals surface area contributed by atoms with E-state index in [0.29, 0.717) is 5.69 Å². The van der Waals surface area contributed by atoms with Crippen LogP contribution in [0, 0.1) is 0 Å². The van der Waals surface area contributed by atoms with Gasteiger partial charge in [-0.25, -0.2) is 4.52 Å². The summed E-state index contributed by atoms with van der Waals surface area (Å²) in [6.07, 6.45) is 0.798. The first-order valence-electron chi connectivity index (χ1n) is 5.91. The number of carbonyl (C=O) groups is 1. The van der Waals surface area contributed by atoms with Crippen molar-refractivity contribution in [1.82, 2.24) is 9.61 Å². The van der Waals surface area contributed by atoms with Crippen molar-refractivity contribution in [3.05, 3.63) is 54.2 Å². The Hall–Kier alpha value is -2.62. The number of benzene rings is 1. The zero-order valence-corrected chi connectivity index (χ0v) is 10.4. The van der Waals surface area contributed by atoms with Crippen molar-refractivity contribution < 1.29 is 9.53 Å². The Labute approximate surface area is 110 Å². The molecular formula is C15H12N2O2. The van der Waals surface area contributed by atoms with Crippen LogP contribution in [-0.4, -0.2) is 23.0 Å². The van der Waals surface area contributed by atoms with Crippen LogP contribution in [0.25, 0.3) is 16.8 Å². The van der Waals surface area contributed by atoms with Gasteiger partial charge >= 0.3 is 0 Å². The molecule has 19 heavy (non-hydrogen) atoms. The van der Waals surface area contributed by atoms with E-state index < -0.39 is 0 Å². The van der Waals surface area contributed by atoms with Crippen LogP contribution in [0.15, 0.2) is 48.5 Å². The molecule has 0 aliphatic carbocycles. The second-order valence-corrected chi connectivity index (χ2v) is 4.14. The van der Waals surface area contributed by atoms with Crippen LogP contribution >= 0.6 is 0 Å². The van der Waals surface area contributed by atoms with Gasteiger partial charge in [-0.05, 0) is 30.3 Å². The van der Waals surface area contributed by atoms with Crippen molar-refractivity contribution in [3.63, 3.8) is 0 Å². The first kappa shape index (κ1) is 11.5. The van der Waals surface area contributed by atoms with Crippen LogP contribution in [0.2, 0.25) is 0 Å². The summed E-state index contributed by atoms with van der Waals surface area (Å²) in [5, 5.41) is 4.47. The van der Waals surface area contributed by atoms with E-state index in [1.165, 1.54) is 0 Å². The number of rotatable bonds is 3. The van der Waals surface area contributed by atoms with Gasteiger partial charge in [0.25, 0.3) is 0 Å². The maximum Gasteiger partial charge on any atom is 0.168 e. The Bertz CT molecular complexity index is 747. The molecule has 2 heterocycles. The summed E-state index contributed by atoms with van der Waals surface area (Å²) in [7, 11) is 1.63. The number of nitrogens with zero attached hydrogens (tertiary/aromatic N) is 2. The van der Waals surface area contributed by atoms with Crippen molar-refractivity contribution in [3.8, 4) is 17.0 Å². The lowest BCUT2D eigenvalue weighted by molar-refractivity contribution is 0.111. The number of aldehydes is 1. The first-order valence-corrected chi connectivity index (χ1v) is 5.91. The van der Waals surface area contributed by atoms with Gasteiger partial charge in [0.1, 0.15) is 11.4 Å². The van der Waals surface area contributed by atoms with Crippen LogP contribution < -0.4 is 4.74 Å². The molecule has 1 aromatic carbocycles. The maximum absolute atomic E-state index is 11.0.